The van der Waals surface area contributed by atoms with Gasteiger partial charge in [-0.3, -0.25) is 24.0 Å². The van der Waals surface area contributed by atoms with Crippen molar-refractivity contribution < 1.29 is 28.7 Å². The minimum absolute atomic E-state index is 0.0986. The van der Waals surface area contributed by atoms with Gasteiger partial charge in [0.15, 0.2) is 5.78 Å². The summed E-state index contributed by atoms with van der Waals surface area (Å²) in [5, 5.41) is 5.48. The molecular formula is C28H39N5O6. The molecule has 3 aliphatic heterocycles. The minimum atomic E-state index is -0.800. The number of ether oxygens (including phenoxy) is 1. The van der Waals surface area contributed by atoms with E-state index in [1.165, 1.54) is 16.7 Å². The highest BCUT2D eigenvalue weighted by Crippen LogP contribution is 2.31. The molecule has 0 radical (unpaired) electrons. The largest absolute Gasteiger partial charge is 0.378 e. The number of benzene rings is 1. The summed E-state index contributed by atoms with van der Waals surface area (Å²) in [5.74, 6) is -1.42. The van der Waals surface area contributed by atoms with Crippen LogP contribution >= 0.6 is 0 Å². The molecule has 4 atom stereocenters. The Labute approximate surface area is 229 Å². The second kappa shape index (κ2) is 12.1. The third kappa shape index (κ3) is 6.41. The lowest BCUT2D eigenvalue weighted by Gasteiger charge is -2.30. The Kier molecular flexibility index (Phi) is 8.89. The van der Waals surface area contributed by atoms with E-state index in [9.17, 15) is 24.0 Å². The number of hydrogen-bond donors (Lipinski definition) is 2. The fourth-order valence-electron chi connectivity index (χ4n) is 5.75. The van der Waals surface area contributed by atoms with Crippen LogP contribution in [0.15, 0.2) is 24.3 Å². The van der Waals surface area contributed by atoms with Crippen molar-refractivity contribution in [1.82, 2.24) is 20.4 Å². The number of nitrogens with zero attached hydrogens (tertiary/aromatic N) is 3. The zero-order chi connectivity index (χ0) is 28.3. The van der Waals surface area contributed by atoms with E-state index in [1.54, 1.807) is 19.1 Å². The topological polar surface area (TPSA) is 128 Å². The molecule has 2 N–H and O–H groups in total. The van der Waals surface area contributed by atoms with Gasteiger partial charge in [-0.15, -0.1) is 0 Å². The number of carbonyl (C=O) groups excluding carboxylic acids is 5. The number of nitrogens with one attached hydrogen (secondary N) is 2. The van der Waals surface area contributed by atoms with Crippen molar-refractivity contribution in [3.8, 4) is 0 Å². The van der Waals surface area contributed by atoms with Gasteiger partial charge in [-0.25, -0.2) is 0 Å². The molecule has 1 aromatic rings. The van der Waals surface area contributed by atoms with Crippen molar-refractivity contribution >= 4 is 35.1 Å². The molecule has 4 unspecified atom stereocenters. The summed E-state index contributed by atoms with van der Waals surface area (Å²) >= 11 is 0. The van der Waals surface area contributed by atoms with Gasteiger partial charge in [-0.2, -0.15) is 0 Å². The lowest BCUT2D eigenvalue weighted by molar-refractivity contribution is -0.138. The van der Waals surface area contributed by atoms with E-state index >= 15 is 0 Å². The quantitative estimate of drug-likeness (QED) is 0.493. The molecule has 0 spiro atoms. The number of rotatable bonds is 8. The standard InChI is InChI=1S/C28H39N5O6/c1-17(2)15-22(30-26(36)20-5-7-21(8-6-20)31-11-13-39-14-12-31)28(38)32-10-9-23-25(32)24(35)16-33(23)27(37)18(3)29-19(4)34/h5-8,17-18,22-23,25H,9-16H2,1-4H3,(H,29,34)(H,30,36). The van der Waals surface area contributed by atoms with Gasteiger partial charge in [-0.1, -0.05) is 13.8 Å². The van der Waals surface area contributed by atoms with Crippen molar-refractivity contribution in [2.45, 2.75) is 64.7 Å². The Hall–Kier alpha value is -3.47. The third-order valence-corrected chi connectivity index (χ3v) is 7.60. The van der Waals surface area contributed by atoms with Crippen LogP contribution < -0.4 is 15.5 Å². The van der Waals surface area contributed by atoms with Gasteiger partial charge in [0.2, 0.25) is 17.7 Å². The monoisotopic (exact) mass is 541 g/mol. The molecule has 0 aromatic heterocycles. The number of amides is 4. The smallest absolute Gasteiger partial charge is 0.251 e. The molecule has 39 heavy (non-hydrogen) atoms. The van der Waals surface area contributed by atoms with Gasteiger partial charge in [0.05, 0.1) is 25.8 Å². The van der Waals surface area contributed by atoms with Crippen molar-refractivity contribution in [3.63, 3.8) is 0 Å². The molecule has 3 fully saturated rings. The Morgan fingerprint density at radius 2 is 1.62 bits per heavy atom. The van der Waals surface area contributed by atoms with Gasteiger partial charge in [-0.05, 0) is 49.9 Å². The first-order valence-electron chi connectivity index (χ1n) is 13.7. The minimum Gasteiger partial charge on any atom is -0.378 e. The molecule has 4 rings (SSSR count). The van der Waals surface area contributed by atoms with Crippen LogP contribution in [0.1, 0.15) is 50.9 Å². The second-order valence-corrected chi connectivity index (χ2v) is 11.0. The highest BCUT2D eigenvalue weighted by atomic mass is 16.5. The van der Waals surface area contributed by atoms with E-state index in [4.69, 9.17) is 4.74 Å². The van der Waals surface area contributed by atoms with E-state index in [1.807, 2.05) is 26.0 Å². The summed E-state index contributed by atoms with van der Waals surface area (Å²) in [7, 11) is 0. The SMILES string of the molecule is CC(=O)NC(C)C(=O)N1CC(=O)C2C1CCN2C(=O)C(CC(C)C)NC(=O)c1ccc(N2CCOCC2)cc1. The van der Waals surface area contributed by atoms with Gasteiger partial charge in [0.25, 0.3) is 5.91 Å². The van der Waals surface area contributed by atoms with Crippen molar-refractivity contribution in [2.24, 2.45) is 5.92 Å². The van der Waals surface area contributed by atoms with E-state index in [0.717, 1.165) is 18.8 Å². The first kappa shape index (κ1) is 28.5. The molecule has 3 saturated heterocycles. The normalized spacial score (nSPS) is 22.5. The van der Waals surface area contributed by atoms with E-state index in [2.05, 4.69) is 15.5 Å². The molecule has 3 aliphatic rings. The molecule has 11 heteroatoms. The van der Waals surface area contributed by atoms with Crippen LogP contribution in [0, 0.1) is 5.92 Å². The second-order valence-electron chi connectivity index (χ2n) is 11.0. The number of anilines is 1. The molecule has 212 valence electrons. The maximum Gasteiger partial charge on any atom is 0.251 e. The van der Waals surface area contributed by atoms with Crippen LogP contribution in [0.2, 0.25) is 0 Å². The maximum atomic E-state index is 13.7. The van der Waals surface area contributed by atoms with Crippen LogP contribution in [0.4, 0.5) is 5.69 Å². The van der Waals surface area contributed by atoms with Crippen LogP contribution in [0.3, 0.4) is 0 Å². The molecule has 0 aliphatic carbocycles. The molecule has 3 heterocycles. The molecule has 4 amide bonds. The number of fused-ring (bicyclic) bond motifs is 1. The Morgan fingerprint density at radius 3 is 2.23 bits per heavy atom. The number of Topliss-reactive ketones (excluding diaryl/α,β-unsaturated/α-hetero) is 1. The van der Waals surface area contributed by atoms with Crippen LogP contribution in [0.25, 0.3) is 0 Å². The summed E-state index contributed by atoms with van der Waals surface area (Å²) in [5.41, 5.74) is 1.47. The summed E-state index contributed by atoms with van der Waals surface area (Å²) in [6.07, 6.45) is 0.882. The van der Waals surface area contributed by atoms with E-state index < -0.39 is 24.2 Å². The van der Waals surface area contributed by atoms with Crippen molar-refractivity contribution in [2.75, 3.05) is 44.3 Å². The van der Waals surface area contributed by atoms with Crippen molar-refractivity contribution in [3.05, 3.63) is 29.8 Å². The average Bonchev–Trinajstić information content (AvgIpc) is 3.48. The summed E-state index contributed by atoms with van der Waals surface area (Å²) < 4.78 is 5.40. The predicted octanol–water partition coefficient (Wildman–Crippen LogP) is 0.573. The van der Waals surface area contributed by atoms with Gasteiger partial charge >= 0.3 is 0 Å². The zero-order valence-electron chi connectivity index (χ0n) is 23.1. The molecule has 0 saturated carbocycles. The lowest BCUT2D eigenvalue weighted by Crippen LogP contribution is -2.53. The van der Waals surface area contributed by atoms with Crippen molar-refractivity contribution in [1.29, 1.82) is 0 Å². The number of hydrogen-bond acceptors (Lipinski definition) is 7. The zero-order valence-corrected chi connectivity index (χ0v) is 23.1. The number of ketones is 1. The highest BCUT2D eigenvalue weighted by Gasteiger charge is 2.52. The van der Waals surface area contributed by atoms with Gasteiger partial charge in [0.1, 0.15) is 18.1 Å². The maximum absolute atomic E-state index is 13.7. The Morgan fingerprint density at radius 1 is 0.949 bits per heavy atom. The third-order valence-electron chi connectivity index (χ3n) is 7.60. The Balaban J connectivity index is 1.44. The molecule has 0 bridgehead atoms. The average molecular weight is 542 g/mol. The first-order chi connectivity index (χ1) is 18.6. The Bertz CT molecular complexity index is 1100. The van der Waals surface area contributed by atoms with E-state index in [-0.39, 0.29) is 41.9 Å². The lowest BCUT2D eigenvalue weighted by atomic mass is 10.0. The predicted molar refractivity (Wildman–Crippen MR) is 144 cm³/mol. The summed E-state index contributed by atoms with van der Waals surface area (Å²) in [6.45, 7) is 10.0. The number of carbonyl (C=O) groups is 5. The van der Waals surface area contributed by atoms with Gasteiger partial charge in [0, 0.05) is 37.8 Å². The highest BCUT2D eigenvalue weighted by molar-refractivity contribution is 6.01. The molecule has 1 aromatic carbocycles. The van der Waals surface area contributed by atoms with E-state index in [0.29, 0.717) is 38.2 Å². The molecule has 11 nitrogen and oxygen atoms in total. The fraction of sp³-hybridized carbons (Fsp3) is 0.607. The number of morpholine rings is 1. The summed E-state index contributed by atoms with van der Waals surface area (Å²) in [6, 6.07) is 4.56. The first-order valence-corrected chi connectivity index (χ1v) is 13.7. The van der Waals surface area contributed by atoms with Gasteiger partial charge < -0.3 is 30.1 Å². The number of likely N-dealkylation sites (tertiary alicyclic amines) is 2. The fourth-order valence-corrected chi connectivity index (χ4v) is 5.75. The van der Waals surface area contributed by atoms with Crippen LogP contribution in [-0.4, -0.2) is 103 Å². The van der Waals surface area contributed by atoms with Crippen LogP contribution in [0.5, 0.6) is 0 Å². The van der Waals surface area contributed by atoms with Crippen LogP contribution in [-0.2, 0) is 23.9 Å². The summed E-state index contributed by atoms with van der Waals surface area (Å²) in [4.78, 5) is 69.5. The molecular weight excluding hydrogens is 502 g/mol.